The van der Waals surface area contributed by atoms with E-state index in [-0.39, 0.29) is 11.1 Å². The lowest BCUT2D eigenvalue weighted by Crippen LogP contribution is -2.04. The molecule has 0 saturated carbocycles. The van der Waals surface area contributed by atoms with E-state index in [2.05, 4.69) is 15.0 Å². The molecule has 24 heavy (non-hydrogen) atoms. The summed E-state index contributed by atoms with van der Waals surface area (Å²) in [6, 6.07) is 17.3. The van der Waals surface area contributed by atoms with E-state index in [9.17, 15) is 10.1 Å². The Morgan fingerprint density at radius 2 is 1.50 bits per heavy atom. The number of benzene rings is 2. The molecule has 112 valence electrons. The van der Waals surface area contributed by atoms with Crippen molar-refractivity contribution in [2.24, 2.45) is 0 Å². The molecule has 2 aromatic carbocycles. The zero-order valence-corrected chi connectivity index (χ0v) is 12.4. The van der Waals surface area contributed by atoms with E-state index in [1.807, 2.05) is 54.6 Å². The Morgan fingerprint density at radius 1 is 0.875 bits per heavy atom. The zero-order valence-electron chi connectivity index (χ0n) is 12.4. The molecule has 0 aliphatic rings. The van der Waals surface area contributed by atoms with E-state index in [0.29, 0.717) is 16.4 Å². The first-order valence-electron chi connectivity index (χ1n) is 7.53. The fourth-order valence-electron chi connectivity index (χ4n) is 3.35. The fraction of sp³-hybridized carbons (Fsp3) is 0. The number of H-pyrrole nitrogens is 2. The van der Waals surface area contributed by atoms with Gasteiger partial charge in [0.15, 0.2) is 5.69 Å². The molecule has 0 amide bonds. The van der Waals surface area contributed by atoms with Gasteiger partial charge in [-0.05, 0) is 12.1 Å². The molecule has 0 saturated heterocycles. The number of hydrogen-bond donors (Lipinski definition) is 2. The minimum absolute atomic E-state index is 0.0930. The first-order valence-corrected chi connectivity index (χ1v) is 7.53. The summed E-state index contributed by atoms with van der Waals surface area (Å²) >= 11 is 0. The molecule has 2 N–H and O–H groups in total. The molecule has 5 aromatic rings. The molecule has 0 bridgehead atoms. The summed E-state index contributed by atoms with van der Waals surface area (Å²) < 4.78 is 0. The van der Waals surface area contributed by atoms with E-state index in [0.717, 1.165) is 27.3 Å². The SMILES string of the molecule is N#Cc1nc2c3ccccc3[nH]c2c2[nH]c3ccccc3c2c1=O. The average molecular weight is 310 g/mol. The molecule has 3 aromatic heterocycles. The van der Waals surface area contributed by atoms with Crippen LogP contribution in [0.4, 0.5) is 0 Å². The molecule has 5 rings (SSSR count). The van der Waals surface area contributed by atoms with Crippen molar-refractivity contribution in [2.75, 3.05) is 0 Å². The molecule has 0 aliphatic carbocycles. The summed E-state index contributed by atoms with van der Waals surface area (Å²) in [5.41, 5.74) is 3.38. The number of nitrogens with one attached hydrogen (secondary N) is 2. The van der Waals surface area contributed by atoms with Crippen molar-refractivity contribution in [1.29, 1.82) is 5.26 Å². The van der Waals surface area contributed by atoms with Crippen LogP contribution in [0.2, 0.25) is 0 Å². The quantitative estimate of drug-likeness (QED) is 0.458. The Morgan fingerprint density at radius 3 is 2.25 bits per heavy atom. The third-order valence-corrected chi connectivity index (χ3v) is 4.41. The number of nitrogens with zero attached hydrogens (tertiary/aromatic N) is 2. The maximum Gasteiger partial charge on any atom is 0.224 e. The molecule has 0 atom stereocenters. The number of para-hydroxylation sites is 2. The summed E-state index contributed by atoms with van der Waals surface area (Å²) in [5, 5.41) is 11.6. The number of fused-ring (bicyclic) bond motifs is 7. The van der Waals surface area contributed by atoms with Gasteiger partial charge in [-0.25, -0.2) is 4.98 Å². The lowest BCUT2D eigenvalue weighted by Gasteiger charge is -1.88. The third-order valence-electron chi connectivity index (χ3n) is 4.41. The Labute approximate surface area is 135 Å². The minimum Gasteiger partial charge on any atom is -0.353 e. The second-order valence-electron chi connectivity index (χ2n) is 5.72. The number of aromatic nitrogens is 3. The highest BCUT2D eigenvalue weighted by Crippen LogP contribution is 2.30. The molecule has 0 aliphatic heterocycles. The van der Waals surface area contributed by atoms with Crippen molar-refractivity contribution in [3.05, 3.63) is 64.4 Å². The van der Waals surface area contributed by atoms with E-state index < -0.39 is 0 Å². The van der Waals surface area contributed by atoms with Crippen LogP contribution in [0, 0.1) is 11.3 Å². The Kier molecular flexibility index (Phi) is 2.37. The topological polar surface area (TPSA) is 85.3 Å². The summed E-state index contributed by atoms with van der Waals surface area (Å²) in [6.07, 6.45) is 0. The smallest absolute Gasteiger partial charge is 0.224 e. The largest absolute Gasteiger partial charge is 0.353 e. The Hall–Kier alpha value is -3.65. The lowest BCUT2D eigenvalue weighted by molar-refractivity contribution is 1.32. The van der Waals surface area contributed by atoms with Crippen molar-refractivity contribution < 1.29 is 0 Å². The highest BCUT2D eigenvalue weighted by molar-refractivity contribution is 6.19. The first kappa shape index (κ1) is 12.9. The van der Waals surface area contributed by atoms with Crippen LogP contribution in [0.3, 0.4) is 0 Å². The summed E-state index contributed by atoms with van der Waals surface area (Å²) in [5.74, 6) is 0. The molecule has 3 heterocycles. The van der Waals surface area contributed by atoms with Gasteiger partial charge >= 0.3 is 0 Å². The van der Waals surface area contributed by atoms with Gasteiger partial charge in [-0.15, -0.1) is 0 Å². The first-order chi connectivity index (χ1) is 11.8. The van der Waals surface area contributed by atoms with Crippen LogP contribution in [0.1, 0.15) is 5.69 Å². The summed E-state index contributed by atoms with van der Waals surface area (Å²) in [6.45, 7) is 0. The Bertz CT molecular complexity index is 1390. The normalized spacial score (nSPS) is 11.5. The van der Waals surface area contributed by atoms with Gasteiger partial charge in [0, 0.05) is 21.8 Å². The van der Waals surface area contributed by atoms with Gasteiger partial charge in [0.05, 0.1) is 21.9 Å². The highest BCUT2D eigenvalue weighted by Gasteiger charge is 2.16. The van der Waals surface area contributed by atoms with Crippen LogP contribution >= 0.6 is 0 Å². The molecule has 5 heteroatoms. The van der Waals surface area contributed by atoms with E-state index in [1.165, 1.54) is 0 Å². The molecule has 0 fully saturated rings. The van der Waals surface area contributed by atoms with Crippen LogP contribution in [0.5, 0.6) is 0 Å². The standard InChI is InChI=1S/C19H10N4O/c20-9-14-19(24)15-10-5-1-3-7-12(10)21-17(15)18-16(23-14)11-6-2-4-8-13(11)22-18/h1-8,21-22H. The molecule has 0 unspecified atom stereocenters. The van der Waals surface area contributed by atoms with Crippen LogP contribution in [-0.4, -0.2) is 15.0 Å². The number of hydrogen-bond acceptors (Lipinski definition) is 3. The zero-order chi connectivity index (χ0) is 16.3. The van der Waals surface area contributed by atoms with Crippen molar-refractivity contribution in [3.63, 3.8) is 0 Å². The van der Waals surface area contributed by atoms with Crippen molar-refractivity contribution >= 4 is 43.7 Å². The van der Waals surface area contributed by atoms with E-state index >= 15 is 0 Å². The molecular formula is C19H10N4O. The van der Waals surface area contributed by atoms with Gasteiger partial charge < -0.3 is 9.97 Å². The molecule has 0 spiro atoms. The number of rotatable bonds is 0. The molecule has 5 nitrogen and oxygen atoms in total. The van der Waals surface area contributed by atoms with Crippen LogP contribution in [0.25, 0.3) is 43.7 Å². The van der Waals surface area contributed by atoms with Gasteiger partial charge in [0.2, 0.25) is 5.43 Å². The van der Waals surface area contributed by atoms with Crippen LogP contribution in [0.15, 0.2) is 53.3 Å². The van der Waals surface area contributed by atoms with Gasteiger partial charge in [0.1, 0.15) is 6.07 Å². The van der Waals surface area contributed by atoms with Crippen molar-refractivity contribution in [1.82, 2.24) is 15.0 Å². The maximum atomic E-state index is 12.9. The molecular weight excluding hydrogens is 300 g/mol. The monoisotopic (exact) mass is 310 g/mol. The highest BCUT2D eigenvalue weighted by atomic mass is 16.1. The minimum atomic E-state index is -0.348. The second-order valence-corrected chi connectivity index (χ2v) is 5.72. The third kappa shape index (κ3) is 1.52. The summed E-state index contributed by atoms with van der Waals surface area (Å²) in [4.78, 5) is 23.9. The van der Waals surface area contributed by atoms with Crippen molar-refractivity contribution in [3.8, 4) is 6.07 Å². The fourth-order valence-corrected chi connectivity index (χ4v) is 3.35. The second kappa shape index (κ2) is 4.43. The van der Waals surface area contributed by atoms with Gasteiger partial charge in [0.25, 0.3) is 0 Å². The predicted octanol–water partition coefficient (Wildman–Crippen LogP) is 3.58. The van der Waals surface area contributed by atoms with E-state index in [1.54, 1.807) is 0 Å². The van der Waals surface area contributed by atoms with Gasteiger partial charge in [-0.3, -0.25) is 4.79 Å². The lowest BCUT2D eigenvalue weighted by atomic mass is 10.2. The van der Waals surface area contributed by atoms with Crippen LogP contribution < -0.4 is 5.43 Å². The van der Waals surface area contributed by atoms with Crippen molar-refractivity contribution in [2.45, 2.75) is 0 Å². The van der Waals surface area contributed by atoms with Crippen LogP contribution in [-0.2, 0) is 0 Å². The maximum absolute atomic E-state index is 12.9. The van der Waals surface area contributed by atoms with E-state index in [4.69, 9.17) is 0 Å². The van der Waals surface area contributed by atoms with Gasteiger partial charge in [-0.1, -0.05) is 36.4 Å². The molecule has 0 radical (unpaired) electrons. The van der Waals surface area contributed by atoms with Gasteiger partial charge in [-0.2, -0.15) is 5.26 Å². The predicted molar refractivity (Wildman–Crippen MR) is 93.9 cm³/mol. The summed E-state index contributed by atoms with van der Waals surface area (Å²) in [7, 11) is 0. The average Bonchev–Trinajstić information content (AvgIpc) is 3.14. The number of aromatic amines is 2. The Balaban J connectivity index is 2.22. The number of nitriles is 1.